The van der Waals surface area contributed by atoms with Crippen molar-refractivity contribution in [3.63, 3.8) is 0 Å². The summed E-state index contributed by atoms with van der Waals surface area (Å²) in [5.74, 6) is -0.112. The summed E-state index contributed by atoms with van der Waals surface area (Å²) in [6.07, 6.45) is 2.16. The Morgan fingerprint density at radius 2 is 2.12 bits per heavy atom. The maximum atomic E-state index is 13.5. The van der Waals surface area contributed by atoms with Crippen LogP contribution in [0.15, 0.2) is 36.5 Å². The molecule has 0 saturated carbocycles. The van der Waals surface area contributed by atoms with Crippen LogP contribution in [0.5, 0.6) is 5.75 Å². The Morgan fingerprint density at radius 3 is 2.71 bits per heavy atom. The van der Waals surface area contributed by atoms with E-state index in [9.17, 15) is 4.39 Å². The Kier molecular flexibility index (Phi) is 3.23. The highest BCUT2D eigenvalue weighted by Crippen LogP contribution is 2.19. The molecule has 0 spiro atoms. The van der Waals surface area contributed by atoms with Gasteiger partial charge in [-0.2, -0.15) is 0 Å². The van der Waals surface area contributed by atoms with Gasteiger partial charge >= 0.3 is 0 Å². The molecule has 17 heavy (non-hydrogen) atoms. The Hall–Kier alpha value is -2.10. The molecule has 0 aliphatic heterocycles. The predicted octanol–water partition coefficient (Wildman–Crippen LogP) is 2.40. The van der Waals surface area contributed by atoms with Crippen LogP contribution >= 0.6 is 0 Å². The molecular formula is C13H13FN2O. The van der Waals surface area contributed by atoms with E-state index in [1.165, 1.54) is 13.2 Å². The van der Waals surface area contributed by atoms with Gasteiger partial charge in [-0.3, -0.25) is 4.98 Å². The summed E-state index contributed by atoms with van der Waals surface area (Å²) < 4.78 is 18.3. The smallest absolute Gasteiger partial charge is 0.165 e. The molecule has 0 fully saturated rings. The molecular weight excluding hydrogens is 219 g/mol. The van der Waals surface area contributed by atoms with Crippen molar-refractivity contribution in [2.75, 3.05) is 12.8 Å². The number of benzene rings is 1. The first kappa shape index (κ1) is 11.4. The minimum atomic E-state index is -0.361. The fraction of sp³-hybridized carbons (Fsp3) is 0.154. The highest BCUT2D eigenvalue weighted by Gasteiger charge is 2.04. The summed E-state index contributed by atoms with van der Waals surface area (Å²) in [5.41, 5.74) is 7.86. The lowest BCUT2D eigenvalue weighted by atomic mass is 10.1. The van der Waals surface area contributed by atoms with Crippen molar-refractivity contribution in [2.45, 2.75) is 6.42 Å². The van der Waals surface area contributed by atoms with Gasteiger partial charge in [0, 0.05) is 12.1 Å². The maximum absolute atomic E-state index is 13.5. The van der Waals surface area contributed by atoms with Crippen LogP contribution in [0.4, 0.5) is 10.1 Å². The van der Waals surface area contributed by atoms with E-state index >= 15 is 0 Å². The molecule has 0 unspecified atom stereocenters. The zero-order chi connectivity index (χ0) is 12.3. The van der Waals surface area contributed by atoms with E-state index in [2.05, 4.69) is 4.98 Å². The van der Waals surface area contributed by atoms with Crippen molar-refractivity contribution in [1.29, 1.82) is 0 Å². The molecule has 2 N–H and O–H groups in total. The van der Waals surface area contributed by atoms with Gasteiger partial charge in [-0.15, -0.1) is 0 Å². The third-order valence-electron chi connectivity index (χ3n) is 2.45. The standard InChI is InChI=1S/C13H13FN2O/c1-17-13-5-2-9(7-12(13)14)6-11-4-3-10(15)8-16-11/h2-5,7-8H,6,15H2,1H3. The minimum absolute atomic E-state index is 0.249. The van der Waals surface area contributed by atoms with Crippen LogP contribution in [0.1, 0.15) is 11.3 Å². The maximum Gasteiger partial charge on any atom is 0.165 e. The van der Waals surface area contributed by atoms with E-state index in [-0.39, 0.29) is 11.6 Å². The molecule has 0 atom stereocenters. The third kappa shape index (κ3) is 2.72. The highest BCUT2D eigenvalue weighted by molar-refractivity contribution is 5.36. The molecule has 4 heteroatoms. The normalized spacial score (nSPS) is 10.2. The lowest BCUT2D eigenvalue weighted by Crippen LogP contribution is -1.95. The largest absolute Gasteiger partial charge is 0.494 e. The molecule has 3 nitrogen and oxygen atoms in total. The SMILES string of the molecule is COc1ccc(Cc2ccc(N)cn2)cc1F. The first-order valence-electron chi connectivity index (χ1n) is 5.22. The monoisotopic (exact) mass is 232 g/mol. The fourth-order valence-corrected chi connectivity index (χ4v) is 1.57. The average Bonchev–Trinajstić information content (AvgIpc) is 2.32. The predicted molar refractivity (Wildman–Crippen MR) is 64.4 cm³/mol. The van der Waals surface area contributed by atoms with Crippen LogP contribution < -0.4 is 10.5 Å². The van der Waals surface area contributed by atoms with E-state index in [1.807, 2.05) is 12.1 Å². The number of hydrogen-bond donors (Lipinski definition) is 1. The van der Waals surface area contributed by atoms with Gasteiger partial charge in [-0.05, 0) is 29.8 Å². The van der Waals surface area contributed by atoms with Gasteiger partial charge in [0.1, 0.15) is 0 Å². The molecule has 0 amide bonds. The number of aromatic nitrogens is 1. The molecule has 0 aliphatic carbocycles. The highest BCUT2D eigenvalue weighted by atomic mass is 19.1. The van der Waals surface area contributed by atoms with Gasteiger partial charge in [0.15, 0.2) is 11.6 Å². The van der Waals surface area contributed by atoms with Crippen LogP contribution in [-0.2, 0) is 6.42 Å². The molecule has 0 saturated heterocycles. The fourth-order valence-electron chi connectivity index (χ4n) is 1.57. The number of halogens is 1. The second kappa shape index (κ2) is 4.82. The summed E-state index contributed by atoms with van der Waals surface area (Å²) in [7, 11) is 1.44. The molecule has 1 aromatic heterocycles. The van der Waals surface area contributed by atoms with E-state index in [1.54, 1.807) is 18.3 Å². The van der Waals surface area contributed by atoms with Crippen molar-refractivity contribution in [2.24, 2.45) is 0 Å². The third-order valence-corrected chi connectivity index (χ3v) is 2.45. The van der Waals surface area contributed by atoms with Crippen LogP contribution in [0.25, 0.3) is 0 Å². The number of pyridine rings is 1. The van der Waals surface area contributed by atoms with Crippen molar-refractivity contribution in [3.05, 3.63) is 53.6 Å². The Labute approximate surface area is 99.1 Å². The topological polar surface area (TPSA) is 48.1 Å². The van der Waals surface area contributed by atoms with E-state index in [4.69, 9.17) is 10.5 Å². The lowest BCUT2D eigenvalue weighted by Gasteiger charge is -2.05. The quantitative estimate of drug-likeness (QED) is 0.884. The number of nitrogens with two attached hydrogens (primary N) is 1. The zero-order valence-corrected chi connectivity index (χ0v) is 9.48. The van der Waals surface area contributed by atoms with Crippen molar-refractivity contribution in [1.82, 2.24) is 4.98 Å². The number of nitrogen functional groups attached to an aromatic ring is 1. The zero-order valence-electron chi connectivity index (χ0n) is 9.48. The Balaban J connectivity index is 2.19. The molecule has 0 radical (unpaired) electrons. The van der Waals surface area contributed by atoms with Gasteiger partial charge in [0.25, 0.3) is 0 Å². The second-order valence-corrected chi connectivity index (χ2v) is 3.73. The van der Waals surface area contributed by atoms with Crippen molar-refractivity contribution in [3.8, 4) is 5.75 Å². The molecule has 1 aromatic carbocycles. The van der Waals surface area contributed by atoms with Crippen LogP contribution in [0.2, 0.25) is 0 Å². The van der Waals surface area contributed by atoms with Crippen LogP contribution in [0.3, 0.4) is 0 Å². The summed E-state index contributed by atoms with van der Waals surface area (Å²) in [6.45, 7) is 0. The number of ether oxygens (including phenoxy) is 1. The Morgan fingerprint density at radius 1 is 1.29 bits per heavy atom. The summed E-state index contributed by atoms with van der Waals surface area (Å²) in [4.78, 5) is 4.17. The average molecular weight is 232 g/mol. The summed E-state index contributed by atoms with van der Waals surface area (Å²) in [5, 5.41) is 0. The van der Waals surface area contributed by atoms with Crippen molar-refractivity contribution < 1.29 is 9.13 Å². The number of rotatable bonds is 3. The molecule has 0 aliphatic rings. The molecule has 2 aromatic rings. The first-order valence-corrected chi connectivity index (χ1v) is 5.22. The number of nitrogens with zero attached hydrogens (tertiary/aromatic N) is 1. The van der Waals surface area contributed by atoms with Crippen LogP contribution in [-0.4, -0.2) is 12.1 Å². The van der Waals surface area contributed by atoms with Crippen molar-refractivity contribution >= 4 is 5.69 Å². The van der Waals surface area contributed by atoms with Crippen LogP contribution in [0, 0.1) is 5.82 Å². The first-order chi connectivity index (χ1) is 8.19. The van der Waals surface area contributed by atoms with Gasteiger partial charge in [0.05, 0.1) is 19.0 Å². The van der Waals surface area contributed by atoms with Gasteiger partial charge < -0.3 is 10.5 Å². The van der Waals surface area contributed by atoms with Gasteiger partial charge in [0.2, 0.25) is 0 Å². The molecule has 0 bridgehead atoms. The number of hydrogen-bond acceptors (Lipinski definition) is 3. The van der Waals surface area contributed by atoms with Gasteiger partial charge in [-0.1, -0.05) is 6.07 Å². The minimum Gasteiger partial charge on any atom is -0.494 e. The van der Waals surface area contributed by atoms with Gasteiger partial charge in [-0.25, -0.2) is 4.39 Å². The van der Waals surface area contributed by atoms with E-state index < -0.39 is 0 Å². The Bertz CT molecular complexity index is 511. The van der Waals surface area contributed by atoms with E-state index in [0.717, 1.165) is 11.3 Å². The van der Waals surface area contributed by atoms with E-state index in [0.29, 0.717) is 12.1 Å². The molecule has 1 heterocycles. The molecule has 2 rings (SSSR count). The molecule has 88 valence electrons. The summed E-state index contributed by atoms with van der Waals surface area (Å²) >= 11 is 0. The second-order valence-electron chi connectivity index (χ2n) is 3.73. The number of methoxy groups -OCH3 is 1. The lowest BCUT2D eigenvalue weighted by molar-refractivity contribution is 0.386. The number of anilines is 1. The summed E-state index contributed by atoms with van der Waals surface area (Å²) in [6, 6.07) is 8.50.